The predicted octanol–water partition coefficient (Wildman–Crippen LogP) is 2.46. The van der Waals surface area contributed by atoms with Crippen molar-refractivity contribution in [2.45, 2.75) is 44.6 Å². The second-order valence-corrected chi connectivity index (χ2v) is 4.74. The second-order valence-electron chi connectivity index (χ2n) is 4.74. The number of nitrogen functional groups attached to an aromatic ring is 1. The zero-order chi connectivity index (χ0) is 12.1. The average molecular weight is 232 g/mol. The second kappa shape index (κ2) is 5.82. The van der Waals surface area contributed by atoms with E-state index in [4.69, 9.17) is 5.73 Å². The summed E-state index contributed by atoms with van der Waals surface area (Å²) in [5.41, 5.74) is 8.89. The molecule has 1 unspecified atom stereocenters. The summed E-state index contributed by atoms with van der Waals surface area (Å²) in [5, 5.41) is 10.1. The van der Waals surface area contributed by atoms with E-state index >= 15 is 0 Å². The molecule has 1 aromatic heterocycles. The minimum absolute atomic E-state index is 0.342. The smallest absolute Gasteiger partial charge is 0.0618 e. The molecule has 92 valence electrons. The fourth-order valence-electron chi connectivity index (χ4n) is 2.33. The zero-order valence-electron chi connectivity index (χ0n) is 10.1. The van der Waals surface area contributed by atoms with Crippen molar-refractivity contribution in [3.63, 3.8) is 0 Å². The quantitative estimate of drug-likeness (QED) is 0.784. The van der Waals surface area contributed by atoms with Gasteiger partial charge in [-0.3, -0.25) is 4.98 Å². The van der Waals surface area contributed by atoms with Gasteiger partial charge in [0.05, 0.1) is 6.10 Å². The fourth-order valence-corrected chi connectivity index (χ4v) is 2.33. The molecule has 2 rings (SSSR count). The van der Waals surface area contributed by atoms with E-state index in [-0.39, 0.29) is 6.10 Å². The third kappa shape index (κ3) is 3.56. The minimum atomic E-state index is -0.342. The van der Waals surface area contributed by atoms with Crippen LogP contribution in [0.1, 0.15) is 37.7 Å². The molecule has 0 radical (unpaired) electrons. The molecule has 0 amide bonds. The number of aliphatic hydroxyl groups is 1. The number of rotatable bonds is 4. The molecule has 3 heteroatoms. The lowest BCUT2D eigenvalue weighted by Gasteiger charge is -2.17. The molecule has 0 fully saturated rings. The zero-order valence-corrected chi connectivity index (χ0v) is 10.1. The maximum absolute atomic E-state index is 10.1. The molecule has 1 heterocycles. The molecule has 1 atom stereocenters. The van der Waals surface area contributed by atoms with E-state index < -0.39 is 0 Å². The summed E-state index contributed by atoms with van der Waals surface area (Å²) in [5.74, 6) is 0. The highest BCUT2D eigenvalue weighted by Crippen LogP contribution is 2.23. The number of hydrogen-bond acceptors (Lipinski definition) is 3. The van der Waals surface area contributed by atoms with E-state index in [0.29, 0.717) is 6.42 Å². The lowest BCUT2D eigenvalue weighted by atomic mass is 9.93. The summed E-state index contributed by atoms with van der Waals surface area (Å²) in [7, 11) is 0. The van der Waals surface area contributed by atoms with Crippen LogP contribution in [0.25, 0.3) is 0 Å². The molecule has 3 N–H and O–H groups in total. The van der Waals surface area contributed by atoms with Crippen molar-refractivity contribution in [2.75, 3.05) is 5.73 Å². The highest BCUT2D eigenvalue weighted by atomic mass is 16.3. The van der Waals surface area contributed by atoms with Gasteiger partial charge in [-0.05, 0) is 43.7 Å². The van der Waals surface area contributed by atoms with E-state index in [2.05, 4.69) is 11.1 Å². The maximum Gasteiger partial charge on any atom is 0.0618 e. The van der Waals surface area contributed by atoms with E-state index in [0.717, 1.165) is 30.5 Å². The summed E-state index contributed by atoms with van der Waals surface area (Å²) in [6.07, 6.45) is 11.6. The first-order chi connectivity index (χ1) is 8.25. The molecule has 0 aromatic carbocycles. The van der Waals surface area contributed by atoms with Gasteiger partial charge >= 0.3 is 0 Å². The molecule has 17 heavy (non-hydrogen) atoms. The normalized spacial score (nSPS) is 17.6. The number of hydrogen-bond donors (Lipinski definition) is 2. The molecule has 0 bridgehead atoms. The number of pyridine rings is 1. The Morgan fingerprint density at radius 2 is 2.24 bits per heavy atom. The third-order valence-electron chi connectivity index (χ3n) is 3.28. The number of anilines is 1. The van der Waals surface area contributed by atoms with Crippen LogP contribution >= 0.6 is 0 Å². The van der Waals surface area contributed by atoms with Crippen molar-refractivity contribution in [1.29, 1.82) is 0 Å². The lowest BCUT2D eigenvalue weighted by Crippen LogP contribution is -2.13. The summed E-state index contributed by atoms with van der Waals surface area (Å²) in [6.45, 7) is 0. The number of aliphatic hydroxyl groups excluding tert-OH is 1. The molecule has 0 spiro atoms. The van der Waals surface area contributed by atoms with Crippen LogP contribution in [0.3, 0.4) is 0 Å². The Morgan fingerprint density at radius 3 is 2.94 bits per heavy atom. The molecular formula is C14H20N2O. The van der Waals surface area contributed by atoms with Gasteiger partial charge in [-0.15, -0.1) is 0 Å². The van der Waals surface area contributed by atoms with Gasteiger partial charge in [0, 0.05) is 24.5 Å². The average Bonchev–Trinajstić information content (AvgIpc) is 2.33. The molecule has 0 saturated heterocycles. The predicted molar refractivity (Wildman–Crippen MR) is 69.5 cm³/mol. The highest BCUT2D eigenvalue weighted by molar-refractivity contribution is 5.44. The largest absolute Gasteiger partial charge is 0.398 e. The van der Waals surface area contributed by atoms with Crippen molar-refractivity contribution in [3.05, 3.63) is 35.7 Å². The molecule has 3 nitrogen and oxygen atoms in total. The third-order valence-corrected chi connectivity index (χ3v) is 3.28. The Balaban J connectivity index is 1.91. The van der Waals surface area contributed by atoms with Gasteiger partial charge in [0.2, 0.25) is 0 Å². The van der Waals surface area contributed by atoms with Gasteiger partial charge in [0.15, 0.2) is 0 Å². The number of nitrogens with two attached hydrogens (primary N) is 1. The van der Waals surface area contributed by atoms with Crippen LogP contribution in [0, 0.1) is 0 Å². The van der Waals surface area contributed by atoms with Crippen LogP contribution in [0.2, 0.25) is 0 Å². The van der Waals surface area contributed by atoms with Gasteiger partial charge in [-0.1, -0.05) is 11.6 Å². The van der Waals surface area contributed by atoms with E-state index in [9.17, 15) is 5.11 Å². The SMILES string of the molecule is Nc1ccncc1CC(O)CC1=CCCCC1. The van der Waals surface area contributed by atoms with Gasteiger partial charge in [-0.2, -0.15) is 0 Å². The van der Waals surface area contributed by atoms with Crippen LogP contribution < -0.4 is 5.73 Å². The number of aromatic nitrogens is 1. The Bertz CT molecular complexity index is 401. The molecule has 1 aliphatic rings. The topological polar surface area (TPSA) is 59.1 Å². The highest BCUT2D eigenvalue weighted by Gasteiger charge is 2.12. The van der Waals surface area contributed by atoms with E-state index in [1.54, 1.807) is 18.5 Å². The standard InChI is InChI=1S/C14H20N2O/c15-14-6-7-16-10-12(14)9-13(17)8-11-4-2-1-3-5-11/h4,6-7,10,13,17H,1-3,5,8-9H2,(H2,15,16). The first-order valence-electron chi connectivity index (χ1n) is 6.30. The molecule has 0 aliphatic heterocycles. The van der Waals surface area contributed by atoms with E-state index in [1.165, 1.54) is 18.4 Å². The molecule has 1 aromatic rings. The Hall–Kier alpha value is -1.35. The summed E-state index contributed by atoms with van der Waals surface area (Å²) in [6, 6.07) is 1.78. The summed E-state index contributed by atoms with van der Waals surface area (Å²) in [4.78, 5) is 4.04. The lowest BCUT2D eigenvalue weighted by molar-refractivity contribution is 0.173. The Labute approximate surface area is 102 Å². The monoisotopic (exact) mass is 232 g/mol. The van der Waals surface area contributed by atoms with Gasteiger partial charge in [0.25, 0.3) is 0 Å². The number of nitrogens with zero attached hydrogens (tertiary/aromatic N) is 1. The fraction of sp³-hybridized carbons (Fsp3) is 0.500. The van der Waals surface area contributed by atoms with Crippen molar-refractivity contribution >= 4 is 5.69 Å². The summed E-state index contributed by atoms with van der Waals surface area (Å²) >= 11 is 0. The number of allylic oxidation sites excluding steroid dienone is 1. The maximum atomic E-state index is 10.1. The molecule has 1 aliphatic carbocycles. The van der Waals surface area contributed by atoms with Gasteiger partial charge in [-0.25, -0.2) is 0 Å². The van der Waals surface area contributed by atoms with Crippen LogP contribution in [-0.2, 0) is 6.42 Å². The van der Waals surface area contributed by atoms with Crippen LogP contribution in [0.5, 0.6) is 0 Å². The minimum Gasteiger partial charge on any atom is -0.398 e. The van der Waals surface area contributed by atoms with Crippen LogP contribution in [-0.4, -0.2) is 16.2 Å². The molecule has 0 saturated carbocycles. The van der Waals surface area contributed by atoms with Crippen molar-refractivity contribution < 1.29 is 5.11 Å². The first-order valence-corrected chi connectivity index (χ1v) is 6.30. The van der Waals surface area contributed by atoms with Gasteiger partial charge in [0.1, 0.15) is 0 Å². The van der Waals surface area contributed by atoms with Crippen molar-refractivity contribution in [2.24, 2.45) is 0 Å². The summed E-state index contributed by atoms with van der Waals surface area (Å²) < 4.78 is 0. The van der Waals surface area contributed by atoms with Crippen molar-refractivity contribution in [3.8, 4) is 0 Å². The Morgan fingerprint density at radius 1 is 1.35 bits per heavy atom. The van der Waals surface area contributed by atoms with Gasteiger partial charge < -0.3 is 10.8 Å². The van der Waals surface area contributed by atoms with E-state index in [1.807, 2.05) is 0 Å². The van der Waals surface area contributed by atoms with Crippen LogP contribution in [0.4, 0.5) is 5.69 Å². The molecular weight excluding hydrogens is 212 g/mol. The van der Waals surface area contributed by atoms with Crippen molar-refractivity contribution in [1.82, 2.24) is 4.98 Å². The van der Waals surface area contributed by atoms with Crippen LogP contribution in [0.15, 0.2) is 30.1 Å². The Kier molecular flexibility index (Phi) is 4.15. The first kappa shape index (κ1) is 12.1.